The van der Waals surface area contributed by atoms with Crippen LogP contribution in [0.25, 0.3) is 6.08 Å². The van der Waals surface area contributed by atoms with E-state index in [1.54, 1.807) is 17.0 Å². The average Bonchev–Trinajstić information content (AvgIpc) is 3.05. The van der Waals surface area contributed by atoms with Crippen LogP contribution >= 0.6 is 0 Å². The van der Waals surface area contributed by atoms with Gasteiger partial charge in [0.15, 0.2) is 0 Å². The zero-order valence-corrected chi connectivity index (χ0v) is 11.7. The minimum absolute atomic E-state index is 0.0498. The Hall–Kier alpha value is -2.30. The number of hydrogen-bond acceptors (Lipinski definition) is 2. The molecule has 104 valence electrons. The van der Waals surface area contributed by atoms with Crippen LogP contribution in [0.2, 0.25) is 0 Å². The largest absolute Gasteiger partial charge is 0.348 e. The number of fused-ring (bicyclic) bond motifs is 1. The summed E-state index contributed by atoms with van der Waals surface area (Å²) in [7, 11) is 1.86. The summed E-state index contributed by atoms with van der Waals surface area (Å²) >= 11 is 0. The minimum atomic E-state index is 0.0498. The number of rotatable bonds is 2. The predicted molar refractivity (Wildman–Crippen MR) is 76.8 cm³/mol. The van der Waals surface area contributed by atoms with Crippen LogP contribution in [0, 0.1) is 0 Å². The smallest absolute Gasteiger partial charge is 0.247 e. The average molecular weight is 270 g/mol. The molecule has 0 saturated heterocycles. The zero-order chi connectivity index (χ0) is 14.1. The maximum atomic E-state index is 12.3. The summed E-state index contributed by atoms with van der Waals surface area (Å²) in [4.78, 5) is 14.2. The second-order valence-electron chi connectivity index (χ2n) is 5.11. The minimum Gasteiger partial charge on any atom is -0.348 e. The van der Waals surface area contributed by atoms with Crippen LogP contribution in [-0.4, -0.2) is 31.7 Å². The van der Waals surface area contributed by atoms with Crippen molar-refractivity contribution in [2.24, 2.45) is 7.05 Å². The van der Waals surface area contributed by atoms with Gasteiger partial charge in [-0.3, -0.25) is 9.48 Å². The van der Waals surface area contributed by atoms with E-state index >= 15 is 0 Å². The van der Waals surface area contributed by atoms with Crippen LogP contribution in [0.15, 0.2) is 36.8 Å². The fraction of sp³-hybridized carbons (Fsp3) is 0.333. The molecule has 0 bridgehead atoms. The number of carbonyl (C=O) groups excluding carboxylic acids is 1. The van der Waals surface area contributed by atoms with Crippen LogP contribution in [0.3, 0.4) is 0 Å². The highest BCUT2D eigenvalue weighted by Gasteiger charge is 2.25. The lowest BCUT2D eigenvalue weighted by atomic mass is 10.1. The van der Waals surface area contributed by atoms with Crippen molar-refractivity contribution in [1.82, 2.24) is 19.2 Å². The summed E-state index contributed by atoms with van der Waals surface area (Å²) in [5, 5.41) is 4.08. The van der Waals surface area contributed by atoms with Crippen molar-refractivity contribution in [2.45, 2.75) is 19.5 Å². The third kappa shape index (κ3) is 2.27. The van der Waals surface area contributed by atoms with E-state index in [2.05, 4.69) is 28.9 Å². The van der Waals surface area contributed by atoms with Gasteiger partial charge in [-0.15, -0.1) is 0 Å². The standard InChI is InChI=1S/C15H18N4O/c1-12-14-4-3-7-18(14)8-9-19(12)15(20)6-5-13-10-16-17(2)11-13/h3-7,10-12H,8-9H2,1-2H3. The summed E-state index contributed by atoms with van der Waals surface area (Å²) < 4.78 is 3.93. The number of nitrogens with zero attached hydrogens (tertiary/aromatic N) is 4. The molecule has 0 aliphatic carbocycles. The van der Waals surface area contributed by atoms with Gasteiger partial charge in [-0.2, -0.15) is 5.10 Å². The second-order valence-corrected chi connectivity index (χ2v) is 5.11. The van der Waals surface area contributed by atoms with E-state index in [4.69, 9.17) is 0 Å². The molecule has 1 atom stereocenters. The van der Waals surface area contributed by atoms with Gasteiger partial charge in [-0.05, 0) is 25.1 Å². The lowest BCUT2D eigenvalue weighted by Crippen LogP contribution is -2.39. The Morgan fingerprint density at radius 2 is 2.30 bits per heavy atom. The molecule has 1 amide bonds. The Balaban J connectivity index is 1.74. The first-order valence-corrected chi connectivity index (χ1v) is 6.77. The second kappa shape index (κ2) is 5.00. The Morgan fingerprint density at radius 3 is 3.05 bits per heavy atom. The van der Waals surface area contributed by atoms with Gasteiger partial charge in [0.1, 0.15) is 0 Å². The van der Waals surface area contributed by atoms with Crippen LogP contribution in [0.5, 0.6) is 0 Å². The van der Waals surface area contributed by atoms with Crippen molar-refractivity contribution in [3.05, 3.63) is 48.1 Å². The van der Waals surface area contributed by atoms with Crippen molar-refractivity contribution >= 4 is 12.0 Å². The number of aromatic nitrogens is 3. The molecular formula is C15H18N4O. The summed E-state index contributed by atoms with van der Waals surface area (Å²) in [5.41, 5.74) is 2.13. The fourth-order valence-corrected chi connectivity index (χ4v) is 2.67. The van der Waals surface area contributed by atoms with Crippen molar-refractivity contribution < 1.29 is 4.79 Å². The molecule has 3 heterocycles. The van der Waals surface area contributed by atoms with Gasteiger partial charge in [0.2, 0.25) is 5.91 Å². The fourth-order valence-electron chi connectivity index (χ4n) is 2.67. The predicted octanol–water partition coefficient (Wildman–Crippen LogP) is 1.84. The van der Waals surface area contributed by atoms with E-state index in [-0.39, 0.29) is 11.9 Å². The quantitative estimate of drug-likeness (QED) is 0.781. The van der Waals surface area contributed by atoms with E-state index in [0.717, 1.165) is 18.7 Å². The lowest BCUT2D eigenvalue weighted by molar-refractivity contribution is -0.129. The van der Waals surface area contributed by atoms with Crippen LogP contribution in [0.1, 0.15) is 24.2 Å². The van der Waals surface area contributed by atoms with Gasteiger partial charge < -0.3 is 9.47 Å². The lowest BCUT2D eigenvalue weighted by Gasteiger charge is -2.34. The summed E-state index contributed by atoms with van der Waals surface area (Å²) in [6.45, 7) is 3.68. The number of hydrogen-bond donors (Lipinski definition) is 0. The molecule has 5 nitrogen and oxygen atoms in total. The van der Waals surface area contributed by atoms with Crippen molar-refractivity contribution in [3.8, 4) is 0 Å². The highest BCUT2D eigenvalue weighted by atomic mass is 16.2. The molecule has 1 unspecified atom stereocenters. The summed E-state index contributed by atoms with van der Waals surface area (Å²) in [6.07, 6.45) is 9.14. The Bertz CT molecular complexity index is 652. The molecule has 2 aromatic heterocycles. The van der Waals surface area contributed by atoms with E-state index < -0.39 is 0 Å². The van der Waals surface area contributed by atoms with E-state index in [0.29, 0.717) is 0 Å². The van der Waals surface area contributed by atoms with Crippen LogP contribution in [-0.2, 0) is 18.4 Å². The summed E-state index contributed by atoms with van der Waals surface area (Å²) in [6, 6.07) is 4.23. The molecule has 20 heavy (non-hydrogen) atoms. The van der Waals surface area contributed by atoms with Crippen molar-refractivity contribution in [1.29, 1.82) is 0 Å². The first-order valence-electron chi connectivity index (χ1n) is 6.77. The third-order valence-electron chi connectivity index (χ3n) is 3.77. The van der Waals surface area contributed by atoms with Gasteiger partial charge in [-0.25, -0.2) is 0 Å². The monoisotopic (exact) mass is 270 g/mol. The normalized spacial score (nSPS) is 18.5. The third-order valence-corrected chi connectivity index (χ3v) is 3.77. The molecule has 0 fully saturated rings. The highest BCUT2D eigenvalue weighted by molar-refractivity contribution is 5.92. The molecule has 0 saturated carbocycles. The molecule has 2 aromatic rings. The Morgan fingerprint density at radius 1 is 1.45 bits per heavy atom. The number of amides is 1. The molecule has 0 spiro atoms. The van der Waals surface area contributed by atoms with E-state index in [9.17, 15) is 4.79 Å². The van der Waals surface area contributed by atoms with Crippen molar-refractivity contribution in [2.75, 3.05) is 6.54 Å². The SMILES string of the molecule is CC1c2cccn2CCN1C(=O)C=Cc1cnn(C)c1. The first kappa shape index (κ1) is 12.7. The highest BCUT2D eigenvalue weighted by Crippen LogP contribution is 2.25. The zero-order valence-electron chi connectivity index (χ0n) is 11.7. The van der Waals surface area contributed by atoms with Crippen LogP contribution < -0.4 is 0 Å². The topological polar surface area (TPSA) is 43.1 Å². The molecule has 0 radical (unpaired) electrons. The maximum absolute atomic E-state index is 12.3. The van der Waals surface area contributed by atoms with E-state index in [1.165, 1.54) is 5.69 Å². The molecule has 5 heteroatoms. The maximum Gasteiger partial charge on any atom is 0.247 e. The van der Waals surface area contributed by atoms with Crippen molar-refractivity contribution in [3.63, 3.8) is 0 Å². The van der Waals surface area contributed by atoms with Gasteiger partial charge in [0.25, 0.3) is 0 Å². The first-order chi connectivity index (χ1) is 9.65. The van der Waals surface area contributed by atoms with Gasteiger partial charge >= 0.3 is 0 Å². The van der Waals surface area contributed by atoms with Gasteiger partial charge in [0.05, 0.1) is 12.2 Å². The molecule has 3 rings (SSSR count). The number of carbonyl (C=O) groups is 1. The van der Waals surface area contributed by atoms with Gasteiger partial charge in [0, 0.05) is 49.9 Å². The Labute approximate surface area is 118 Å². The Kier molecular flexibility index (Phi) is 3.18. The molecule has 0 N–H and O–H groups in total. The molecule has 0 aromatic carbocycles. The molecule has 1 aliphatic rings. The summed E-state index contributed by atoms with van der Waals surface area (Å²) in [5.74, 6) is 0.0498. The van der Waals surface area contributed by atoms with Gasteiger partial charge in [-0.1, -0.05) is 0 Å². The van der Waals surface area contributed by atoms with E-state index in [1.807, 2.05) is 30.3 Å². The molecular weight excluding hydrogens is 252 g/mol. The number of aryl methyl sites for hydroxylation is 1. The van der Waals surface area contributed by atoms with Crippen LogP contribution in [0.4, 0.5) is 0 Å². The molecule has 1 aliphatic heterocycles.